The molecule has 0 unspecified atom stereocenters. The van der Waals surface area contributed by atoms with Gasteiger partial charge in [0, 0.05) is 13.8 Å². The van der Waals surface area contributed by atoms with Crippen molar-refractivity contribution >= 4 is 22.7 Å². The molecule has 0 bridgehead atoms. The van der Waals surface area contributed by atoms with Gasteiger partial charge in [-0.25, -0.2) is 0 Å². The summed E-state index contributed by atoms with van der Waals surface area (Å²) < 4.78 is 4.50. The van der Waals surface area contributed by atoms with E-state index in [9.17, 15) is 0 Å². The first kappa shape index (κ1) is 28.7. The van der Waals surface area contributed by atoms with Crippen LogP contribution in [0, 0.1) is 13.8 Å². The quantitative estimate of drug-likeness (QED) is 0.161. The highest BCUT2D eigenvalue weighted by atomic mass is 127. The smallest absolute Gasteiger partial charge is 0.224 e. The second-order valence-electron chi connectivity index (χ2n) is 7.72. The SMILES string of the molecule is Cc1c(CCCCCCCCCCCCc2sc[n+](C)c2C)sc[n+]1C.[I-].[I-]. The van der Waals surface area contributed by atoms with Crippen LogP contribution < -0.4 is 57.1 Å². The molecule has 2 aromatic rings. The predicted molar refractivity (Wildman–Crippen MR) is 114 cm³/mol. The van der Waals surface area contributed by atoms with Gasteiger partial charge in [0.05, 0.1) is 9.75 Å². The van der Waals surface area contributed by atoms with Crippen LogP contribution in [0.3, 0.4) is 0 Å². The minimum atomic E-state index is 0. The van der Waals surface area contributed by atoms with Crippen molar-refractivity contribution in [2.75, 3.05) is 0 Å². The summed E-state index contributed by atoms with van der Waals surface area (Å²) in [7, 11) is 4.30. The third-order valence-corrected chi connectivity index (χ3v) is 8.04. The number of aromatic nitrogens is 2. The monoisotopic (exact) mass is 648 g/mol. The van der Waals surface area contributed by atoms with E-state index in [1.165, 1.54) is 88.4 Å². The molecule has 0 aliphatic heterocycles. The molecule has 2 aromatic heterocycles. The zero-order chi connectivity index (χ0) is 18.8. The second-order valence-corrected chi connectivity index (χ2v) is 9.60. The Bertz CT molecular complexity index is 597. The van der Waals surface area contributed by atoms with Crippen molar-refractivity contribution in [1.82, 2.24) is 0 Å². The van der Waals surface area contributed by atoms with E-state index in [1.807, 2.05) is 22.7 Å². The number of thiazole rings is 2. The molecule has 0 aromatic carbocycles. The average Bonchev–Trinajstić information content (AvgIpc) is 3.12. The molecule has 0 amide bonds. The summed E-state index contributed by atoms with van der Waals surface area (Å²) in [6, 6.07) is 0. The fraction of sp³-hybridized carbons (Fsp3) is 0.727. The maximum atomic E-state index is 2.25. The topological polar surface area (TPSA) is 7.76 Å². The van der Waals surface area contributed by atoms with E-state index >= 15 is 0 Å². The zero-order valence-corrected chi connectivity index (χ0v) is 24.1. The van der Waals surface area contributed by atoms with Gasteiger partial charge >= 0.3 is 0 Å². The number of rotatable bonds is 13. The lowest BCUT2D eigenvalue weighted by Crippen LogP contribution is -3.00. The Kier molecular flexibility index (Phi) is 16.8. The van der Waals surface area contributed by atoms with Crippen LogP contribution >= 0.6 is 22.7 Å². The molecule has 0 saturated carbocycles. The molecule has 0 fully saturated rings. The molecule has 2 rings (SSSR count). The summed E-state index contributed by atoms with van der Waals surface area (Å²) in [5, 5.41) is 0. The summed E-state index contributed by atoms with van der Waals surface area (Å²) in [4.78, 5) is 3.16. The van der Waals surface area contributed by atoms with Crippen molar-refractivity contribution in [2.45, 2.75) is 90.9 Å². The molecule has 162 valence electrons. The Morgan fingerprint density at radius 1 is 0.571 bits per heavy atom. The first-order valence-electron chi connectivity index (χ1n) is 10.4. The van der Waals surface area contributed by atoms with Gasteiger partial charge < -0.3 is 48.0 Å². The fourth-order valence-electron chi connectivity index (χ4n) is 3.47. The summed E-state index contributed by atoms with van der Waals surface area (Å²) in [5.74, 6) is 0. The van der Waals surface area contributed by atoms with E-state index in [2.05, 4.69) is 48.1 Å². The normalized spacial score (nSPS) is 10.6. The Morgan fingerprint density at radius 3 is 1.11 bits per heavy atom. The molecule has 0 saturated heterocycles. The van der Waals surface area contributed by atoms with Crippen molar-refractivity contribution in [3.63, 3.8) is 0 Å². The Balaban J connectivity index is 0.00000364. The van der Waals surface area contributed by atoms with Crippen molar-refractivity contribution < 1.29 is 57.1 Å². The highest BCUT2D eigenvalue weighted by Crippen LogP contribution is 2.17. The predicted octanol–water partition coefficient (Wildman–Crippen LogP) is -0.230. The van der Waals surface area contributed by atoms with Gasteiger partial charge in [0.25, 0.3) is 0 Å². The first-order valence-corrected chi connectivity index (χ1v) is 12.2. The lowest BCUT2D eigenvalue weighted by atomic mass is 10.0. The molecule has 28 heavy (non-hydrogen) atoms. The van der Waals surface area contributed by atoms with Crippen LogP contribution in [0.4, 0.5) is 0 Å². The summed E-state index contributed by atoms with van der Waals surface area (Å²) in [5.41, 5.74) is 7.37. The number of halogens is 2. The number of hydrogen-bond donors (Lipinski definition) is 0. The van der Waals surface area contributed by atoms with E-state index < -0.39 is 0 Å². The van der Waals surface area contributed by atoms with Crippen molar-refractivity contribution in [3.05, 3.63) is 32.2 Å². The van der Waals surface area contributed by atoms with Crippen LogP contribution in [0.2, 0.25) is 0 Å². The molecule has 2 heterocycles. The molecule has 2 nitrogen and oxygen atoms in total. The van der Waals surface area contributed by atoms with Gasteiger partial charge in [-0.3, -0.25) is 0 Å². The average molecular weight is 649 g/mol. The highest BCUT2D eigenvalue weighted by Gasteiger charge is 2.11. The third-order valence-electron chi connectivity index (χ3n) is 5.63. The largest absolute Gasteiger partial charge is 1.00 e. The van der Waals surface area contributed by atoms with E-state index in [4.69, 9.17) is 0 Å². The van der Waals surface area contributed by atoms with Gasteiger partial charge in [-0.15, -0.1) is 0 Å². The number of nitrogens with zero attached hydrogens (tertiary/aromatic N) is 2. The first-order chi connectivity index (χ1) is 12.6. The molecular formula is C22H38I2N2S2. The van der Waals surface area contributed by atoms with E-state index in [-0.39, 0.29) is 48.0 Å². The van der Waals surface area contributed by atoms with Crippen LogP contribution in [0.5, 0.6) is 0 Å². The van der Waals surface area contributed by atoms with Gasteiger partial charge in [0.1, 0.15) is 14.1 Å². The Morgan fingerprint density at radius 2 is 0.857 bits per heavy atom. The second kappa shape index (κ2) is 16.4. The van der Waals surface area contributed by atoms with E-state index in [0.29, 0.717) is 0 Å². The molecule has 0 spiro atoms. The molecule has 0 aliphatic carbocycles. The summed E-state index contributed by atoms with van der Waals surface area (Å²) in [6.45, 7) is 4.49. The van der Waals surface area contributed by atoms with Gasteiger partial charge in [-0.2, -0.15) is 9.13 Å². The van der Waals surface area contributed by atoms with Crippen molar-refractivity contribution in [2.24, 2.45) is 14.1 Å². The van der Waals surface area contributed by atoms with Crippen LogP contribution in [-0.4, -0.2) is 0 Å². The number of aryl methyl sites for hydroxylation is 4. The lowest BCUT2D eigenvalue weighted by Gasteiger charge is -2.02. The van der Waals surface area contributed by atoms with Crippen molar-refractivity contribution in [1.29, 1.82) is 0 Å². The van der Waals surface area contributed by atoms with Crippen LogP contribution in [0.25, 0.3) is 0 Å². The third kappa shape index (κ3) is 10.2. The Labute approximate surface area is 215 Å². The number of unbranched alkanes of at least 4 members (excludes halogenated alkanes) is 9. The Hall–Kier alpha value is 0.720. The fourth-order valence-corrected chi connectivity index (χ4v) is 5.51. The maximum absolute atomic E-state index is 2.25. The van der Waals surface area contributed by atoms with Gasteiger partial charge in [-0.1, -0.05) is 74.0 Å². The molecule has 0 atom stereocenters. The lowest BCUT2D eigenvalue weighted by molar-refractivity contribution is -0.673. The van der Waals surface area contributed by atoms with Crippen LogP contribution in [-0.2, 0) is 26.9 Å². The maximum Gasteiger partial charge on any atom is 0.224 e. The standard InChI is InChI=1S/C22H38N2S2.2HI/c1-19-21(25-17-23(19)3)15-13-11-9-7-5-6-8-10-12-14-16-22-20(2)24(4)18-26-22;;/h17-18H,5-16H2,1-4H3;2*1H/q+2;;/p-2. The van der Waals surface area contributed by atoms with Gasteiger partial charge in [0.15, 0.2) is 11.4 Å². The van der Waals surface area contributed by atoms with Gasteiger partial charge in [-0.05, 0) is 25.7 Å². The highest BCUT2D eigenvalue weighted by molar-refractivity contribution is 7.09. The van der Waals surface area contributed by atoms with Crippen molar-refractivity contribution in [3.8, 4) is 0 Å². The minimum Gasteiger partial charge on any atom is -1.00 e. The molecule has 6 heteroatoms. The molecule has 0 N–H and O–H groups in total. The molecule has 0 aliphatic rings. The molecular weight excluding hydrogens is 610 g/mol. The van der Waals surface area contributed by atoms with Gasteiger partial charge in [0.2, 0.25) is 11.0 Å². The van der Waals surface area contributed by atoms with Crippen LogP contribution in [0.15, 0.2) is 11.0 Å². The van der Waals surface area contributed by atoms with E-state index in [1.54, 1.807) is 9.75 Å². The number of hydrogen-bond acceptors (Lipinski definition) is 2. The summed E-state index contributed by atoms with van der Waals surface area (Å²) in [6.07, 6.45) is 16.7. The molecule has 0 radical (unpaired) electrons. The van der Waals surface area contributed by atoms with Crippen LogP contribution in [0.1, 0.15) is 85.4 Å². The van der Waals surface area contributed by atoms with E-state index in [0.717, 1.165) is 0 Å². The minimum absolute atomic E-state index is 0. The zero-order valence-electron chi connectivity index (χ0n) is 18.1. The summed E-state index contributed by atoms with van der Waals surface area (Å²) >= 11 is 3.84.